The highest BCUT2D eigenvalue weighted by atomic mass is 32.2. The molecule has 1 amide bonds. The Kier molecular flexibility index (Phi) is 8.37. The van der Waals surface area contributed by atoms with Crippen molar-refractivity contribution in [2.45, 2.75) is 44.4 Å². The quantitative estimate of drug-likeness (QED) is 0.269. The minimum atomic E-state index is -3.83. The monoisotopic (exact) mass is 649 g/mol. The van der Waals surface area contributed by atoms with Crippen LogP contribution in [0.2, 0.25) is 0 Å². The zero-order chi connectivity index (χ0) is 32.7. The molecule has 0 saturated carbocycles. The molecule has 1 aromatic carbocycles. The molecule has 2 atom stereocenters. The number of sulfonamides is 1. The van der Waals surface area contributed by atoms with Gasteiger partial charge in [0.05, 0.1) is 16.3 Å². The number of rotatable bonds is 7. The summed E-state index contributed by atoms with van der Waals surface area (Å²) in [5.41, 5.74) is 7.30. The van der Waals surface area contributed by atoms with Crippen molar-refractivity contribution in [3.8, 4) is 0 Å². The molecule has 2 aliphatic carbocycles. The van der Waals surface area contributed by atoms with Crippen LogP contribution in [0.4, 0.5) is 5.69 Å². The van der Waals surface area contributed by atoms with Gasteiger partial charge in [-0.15, -0.1) is 0 Å². The van der Waals surface area contributed by atoms with Crippen LogP contribution in [0, 0.1) is 24.7 Å². The zero-order valence-electron chi connectivity index (χ0n) is 26.6. The summed E-state index contributed by atoms with van der Waals surface area (Å²) in [6.07, 6.45) is 18.9. The highest BCUT2D eigenvalue weighted by molar-refractivity contribution is 7.89. The number of nitrogens with two attached hydrogens (primary N) is 1. The number of fused-ring (bicyclic) bond motifs is 3. The molecule has 0 spiro atoms. The van der Waals surface area contributed by atoms with Crippen molar-refractivity contribution >= 4 is 49.4 Å². The van der Waals surface area contributed by atoms with Crippen LogP contribution in [0.15, 0.2) is 83.9 Å². The number of nitrogens with zero attached hydrogens (tertiary/aromatic N) is 5. The molecule has 10 nitrogen and oxygen atoms in total. The molecule has 1 aliphatic heterocycles. The molecule has 1 fully saturated rings. The normalized spacial score (nSPS) is 20.8. The number of hydrogen-bond donors (Lipinski definition) is 2. The van der Waals surface area contributed by atoms with Crippen molar-refractivity contribution in [2.24, 2.45) is 22.9 Å². The molecule has 0 bridgehead atoms. The topological polar surface area (TPSA) is 136 Å². The van der Waals surface area contributed by atoms with E-state index >= 15 is 0 Å². The summed E-state index contributed by atoms with van der Waals surface area (Å²) in [6, 6.07) is 10.2. The van der Waals surface area contributed by atoms with Gasteiger partial charge in [-0.2, -0.15) is 9.61 Å². The van der Waals surface area contributed by atoms with Gasteiger partial charge in [0.2, 0.25) is 15.9 Å². The lowest BCUT2D eigenvalue weighted by Crippen LogP contribution is -2.40. The summed E-state index contributed by atoms with van der Waals surface area (Å²) in [4.78, 5) is 25.2. The largest absolute Gasteiger partial charge is 0.326 e. The fourth-order valence-corrected chi connectivity index (χ4v) is 7.26. The van der Waals surface area contributed by atoms with E-state index in [2.05, 4.69) is 69.7 Å². The number of primary sulfonamides is 1. The van der Waals surface area contributed by atoms with Gasteiger partial charge in [0.25, 0.3) is 0 Å². The van der Waals surface area contributed by atoms with Gasteiger partial charge in [-0.1, -0.05) is 49.4 Å². The SMILES string of the molecule is Cc1cc2ncc3cc(C4=CCC(C)C=C4)c(C4=CCC(CN5CCC(C(=O)Nc6cccc(S(N)(=O)=O)c6)CC5)C=C4)nc3n2n1. The molecule has 242 valence electrons. The molecule has 1 saturated heterocycles. The first kappa shape index (κ1) is 31.2. The third-order valence-electron chi connectivity index (χ3n) is 9.35. The molecular formula is C36H39N7O3S. The maximum absolute atomic E-state index is 13.0. The summed E-state index contributed by atoms with van der Waals surface area (Å²) in [5, 5.41) is 13.7. The van der Waals surface area contributed by atoms with Crippen LogP contribution < -0.4 is 10.5 Å². The first-order chi connectivity index (χ1) is 22.6. The van der Waals surface area contributed by atoms with Gasteiger partial charge in [-0.3, -0.25) is 4.79 Å². The molecule has 47 heavy (non-hydrogen) atoms. The molecule has 0 radical (unpaired) electrons. The Morgan fingerprint density at radius 1 is 1.04 bits per heavy atom. The van der Waals surface area contributed by atoms with Crippen molar-refractivity contribution in [1.29, 1.82) is 0 Å². The predicted octanol–water partition coefficient (Wildman–Crippen LogP) is 5.52. The predicted molar refractivity (Wildman–Crippen MR) is 185 cm³/mol. The van der Waals surface area contributed by atoms with Crippen LogP contribution in [0.5, 0.6) is 0 Å². The van der Waals surface area contributed by atoms with E-state index in [1.54, 1.807) is 12.1 Å². The second-order valence-corrected chi connectivity index (χ2v) is 14.6. The highest BCUT2D eigenvalue weighted by Gasteiger charge is 2.27. The van der Waals surface area contributed by atoms with Crippen molar-refractivity contribution in [1.82, 2.24) is 24.5 Å². The summed E-state index contributed by atoms with van der Waals surface area (Å²) in [7, 11) is -3.83. The number of carbonyl (C=O) groups is 1. The molecular weight excluding hydrogens is 611 g/mol. The van der Waals surface area contributed by atoms with E-state index in [1.807, 2.05) is 23.7 Å². The van der Waals surface area contributed by atoms with E-state index in [9.17, 15) is 13.2 Å². The van der Waals surface area contributed by atoms with Gasteiger partial charge in [0, 0.05) is 41.4 Å². The van der Waals surface area contributed by atoms with Crippen LogP contribution in [-0.2, 0) is 14.8 Å². The minimum absolute atomic E-state index is 0.0179. The first-order valence-corrected chi connectivity index (χ1v) is 17.7. The van der Waals surface area contributed by atoms with Crippen molar-refractivity contribution in [2.75, 3.05) is 25.0 Å². The van der Waals surface area contributed by atoms with Crippen LogP contribution in [0.3, 0.4) is 0 Å². The van der Waals surface area contributed by atoms with E-state index in [0.717, 1.165) is 84.5 Å². The highest BCUT2D eigenvalue weighted by Crippen LogP contribution is 2.34. The number of benzene rings is 1. The fourth-order valence-electron chi connectivity index (χ4n) is 6.70. The third-order valence-corrected chi connectivity index (χ3v) is 10.3. The van der Waals surface area contributed by atoms with E-state index in [-0.39, 0.29) is 16.7 Å². The first-order valence-electron chi connectivity index (χ1n) is 16.2. The number of amides is 1. The summed E-state index contributed by atoms with van der Waals surface area (Å²) >= 11 is 0. The summed E-state index contributed by atoms with van der Waals surface area (Å²) < 4.78 is 25.2. The number of likely N-dealkylation sites (tertiary alicyclic amines) is 1. The average Bonchev–Trinajstić information content (AvgIpc) is 3.46. The summed E-state index contributed by atoms with van der Waals surface area (Å²) in [6.45, 7) is 6.79. The number of carbonyl (C=O) groups excluding carboxylic acids is 1. The van der Waals surface area contributed by atoms with Crippen LogP contribution in [-0.4, -0.2) is 58.4 Å². The molecule has 2 unspecified atom stereocenters. The number of piperidine rings is 1. The van der Waals surface area contributed by atoms with Gasteiger partial charge in [0.1, 0.15) is 0 Å². The van der Waals surface area contributed by atoms with Gasteiger partial charge in [0.15, 0.2) is 11.3 Å². The molecule has 3 aliphatic rings. The zero-order valence-corrected chi connectivity index (χ0v) is 27.5. The van der Waals surface area contributed by atoms with Crippen molar-refractivity contribution in [3.05, 3.63) is 96.0 Å². The van der Waals surface area contributed by atoms with Crippen molar-refractivity contribution in [3.63, 3.8) is 0 Å². The standard InChI is InChI=1S/C36H39N7O3S/c1-23-6-10-26(11-7-23)32-19-29-21-38-33-18-24(2)41-43(33)35(29)40-34(32)27-12-8-25(9-13-27)22-42-16-14-28(15-17-42)36(44)39-30-4-3-5-31(20-30)47(37,45)46/h3-6,8,10-13,18-21,23,25,28H,7,9,14-17,22H2,1-2H3,(H,39,44)(H2,37,45,46). The lowest BCUT2D eigenvalue weighted by atomic mass is 9.88. The van der Waals surface area contributed by atoms with Crippen LogP contribution >= 0.6 is 0 Å². The molecule has 3 aromatic heterocycles. The Morgan fingerprint density at radius 3 is 2.55 bits per heavy atom. The van der Waals surface area contributed by atoms with Gasteiger partial charge < -0.3 is 10.2 Å². The number of hydrogen-bond acceptors (Lipinski definition) is 7. The Morgan fingerprint density at radius 2 is 1.83 bits per heavy atom. The number of allylic oxidation sites excluding steroid dienone is 7. The van der Waals surface area contributed by atoms with Gasteiger partial charge in [-0.05, 0) is 92.9 Å². The number of aryl methyl sites for hydroxylation is 1. The fraction of sp³-hybridized carbons (Fsp3) is 0.333. The Labute approximate surface area is 274 Å². The van der Waals surface area contributed by atoms with E-state index in [4.69, 9.17) is 10.1 Å². The van der Waals surface area contributed by atoms with E-state index < -0.39 is 10.0 Å². The van der Waals surface area contributed by atoms with Crippen LogP contribution in [0.25, 0.3) is 27.8 Å². The van der Waals surface area contributed by atoms with Gasteiger partial charge in [-0.25, -0.2) is 23.5 Å². The Hall–Kier alpha value is -4.45. The maximum Gasteiger partial charge on any atom is 0.238 e. The molecule has 4 aromatic rings. The maximum atomic E-state index is 13.0. The second-order valence-electron chi connectivity index (χ2n) is 13.0. The number of aromatic nitrogens is 4. The summed E-state index contributed by atoms with van der Waals surface area (Å²) in [5.74, 6) is 0.679. The second kappa shape index (κ2) is 12.6. The lowest BCUT2D eigenvalue weighted by Gasteiger charge is -2.33. The smallest absolute Gasteiger partial charge is 0.238 e. The lowest BCUT2D eigenvalue weighted by molar-refractivity contribution is -0.121. The molecule has 7 rings (SSSR count). The number of nitrogens with one attached hydrogen (secondary N) is 1. The van der Waals surface area contributed by atoms with E-state index in [0.29, 0.717) is 17.5 Å². The van der Waals surface area contributed by atoms with E-state index in [1.165, 1.54) is 17.7 Å². The minimum Gasteiger partial charge on any atom is -0.326 e. The Bertz CT molecular complexity index is 2100. The Balaban J connectivity index is 1.03. The molecule has 4 heterocycles. The average molecular weight is 650 g/mol. The number of anilines is 1. The molecule has 11 heteroatoms. The van der Waals surface area contributed by atoms with Crippen LogP contribution in [0.1, 0.15) is 49.6 Å². The third kappa shape index (κ3) is 6.69. The van der Waals surface area contributed by atoms with Gasteiger partial charge >= 0.3 is 0 Å². The van der Waals surface area contributed by atoms with Crippen molar-refractivity contribution < 1.29 is 13.2 Å². The number of pyridine rings is 1. The molecule has 3 N–H and O–H groups in total.